The highest BCUT2D eigenvalue weighted by Crippen LogP contribution is 2.36. The van der Waals surface area contributed by atoms with E-state index in [4.69, 9.17) is 11.6 Å². The second-order valence-electron chi connectivity index (χ2n) is 5.39. The van der Waals surface area contributed by atoms with E-state index < -0.39 is 0 Å². The Morgan fingerprint density at radius 3 is 2.24 bits per heavy atom. The van der Waals surface area contributed by atoms with E-state index in [-0.39, 0.29) is 5.38 Å². The Morgan fingerprint density at radius 1 is 0.857 bits per heavy atom. The Bertz CT molecular complexity index is 808. The molecule has 0 amide bonds. The normalized spacial score (nSPS) is 12.6. The molecule has 1 unspecified atom stereocenters. The molecule has 0 radical (unpaired) electrons. The van der Waals surface area contributed by atoms with Gasteiger partial charge in [0.2, 0.25) is 0 Å². The highest BCUT2D eigenvalue weighted by molar-refractivity contribution is 9.10. The Hall–Kier alpha value is -1.31. The summed E-state index contributed by atoms with van der Waals surface area (Å²) in [6.45, 7) is 4.22. The minimum Gasteiger partial charge on any atom is -0.113 e. The first kappa shape index (κ1) is 14.6. The van der Waals surface area contributed by atoms with Crippen molar-refractivity contribution >= 4 is 38.3 Å². The van der Waals surface area contributed by atoms with E-state index in [0.29, 0.717) is 0 Å². The molecule has 0 aliphatic heterocycles. The lowest BCUT2D eigenvalue weighted by atomic mass is 9.95. The average Bonchev–Trinajstić information content (AvgIpc) is 2.50. The SMILES string of the molecule is Cc1ccc(C(Cl)c2ccc(C)c3ccccc23)cc1Br. The second kappa shape index (κ2) is 5.82. The highest BCUT2D eigenvalue weighted by Gasteiger charge is 2.15. The number of alkyl halides is 1. The molecule has 0 bridgehead atoms. The van der Waals surface area contributed by atoms with Gasteiger partial charge in [-0.05, 0) is 52.9 Å². The van der Waals surface area contributed by atoms with E-state index in [9.17, 15) is 0 Å². The predicted octanol–water partition coefficient (Wildman–Crippen LogP) is 6.55. The van der Waals surface area contributed by atoms with Crippen LogP contribution in [0, 0.1) is 13.8 Å². The molecule has 0 aromatic heterocycles. The van der Waals surface area contributed by atoms with E-state index in [1.807, 2.05) is 0 Å². The Morgan fingerprint density at radius 2 is 1.52 bits per heavy atom. The molecule has 0 fully saturated rings. The summed E-state index contributed by atoms with van der Waals surface area (Å²) < 4.78 is 1.10. The Balaban J connectivity index is 2.15. The van der Waals surface area contributed by atoms with Crippen molar-refractivity contribution in [2.24, 2.45) is 0 Å². The zero-order valence-electron chi connectivity index (χ0n) is 12.0. The standard InChI is InChI=1S/C19H16BrCl/c1-12-8-10-17(16-6-4-3-5-15(12)16)19(21)14-9-7-13(2)18(20)11-14/h3-11,19H,1-2H3. The summed E-state index contributed by atoms with van der Waals surface area (Å²) in [6.07, 6.45) is 0. The van der Waals surface area contributed by atoms with Gasteiger partial charge < -0.3 is 0 Å². The molecule has 1 atom stereocenters. The van der Waals surface area contributed by atoms with Crippen molar-refractivity contribution < 1.29 is 0 Å². The molecule has 3 aromatic rings. The van der Waals surface area contributed by atoms with Crippen molar-refractivity contribution in [1.82, 2.24) is 0 Å². The van der Waals surface area contributed by atoms with Crippen LogP contribution in [0.4, 0.5) is 0 Å². The van der Waals surface area contributed by atoms with Gasteiger partial charge in [-0.3, -0.25) is 0 Å². The summed E-state index contributed by atoms with van der Waals surface area (Å²) in [6, 6.07) is 19.1. The van der Waals surface area contributed by atoms with Crippen LogP contribution in [-0.2, 0) is 0 Å². The van der Waals surface area contributed by atoms with Gasteiger partial charge in [-0.2, -0.15) is 0 Å². The summed E-state index contributed by atoms with van der Waals surface area (Å²) in [7, 11) is 0. The van der Waals surface area contributed by atoms with Crippen molar-refractivity contribution in [2.45, 2.75) is 19.2 Å². The third-order valence-electron chi connectivity index (χ3n) is 3.94. The average molecular weight is 360 g/mol. The van der Waals surface area contributed by atoms with Crippen LogP contribution < -0.4 is 0 Å². The van der Waals surface area contributed by atoms with Crippen LogP contribution in [0.2, 0.25) is 0 Å². The van der Waals surface area contributed by atoms with Crippen molar-refractivity contribution in [3.8, 4) is 0 Å². The van der Waals surface area contributed by atoms with Crippen LogP contribution in [-0.4, -0.2) is 0 Å². The van der Waals surface area contributed by atoms with Gasteiger partial charge in [0.15, 0.2) is 0 Å². The first-order chi connectivity index (χ1) is 10.1. The van der Waals surface area contributed by atoms with Crippen LogP contribution in [0.5, 0.6) is 0 Å². The van der Waals surface area contributed by atoms with E-state index in [2.05, 4.69) is 84.4 Å². The molecule has 2 heteroatoms. The molecule has 0 aliphatic rings. The maximum absolute atomic E-state index is 6.77. The third kappa shape index (κ3) is 2.73. The predicted molar refractivity (Wildman–Crippen MR) is 95.3 cm³/mol. The smallest absolute Gasteiger partial charge is 0.0841 e. The van der Waals surface area contributed by atoms with Crippen LogP contribution in [0.3, 0.4) is 0 Å². The van der Waals surface area contributed by atoms with E-state index in [1.165, 1.54) is 21.9 Å². The van der Waals surface area contributed by atoms with E-state index in [1.54, 1.807) is 0 Å². The fraction of sp³-hybridized carbons (Fsp3) is 0.158. The molecule has 0 spiro atoms. The number of hydrogen-bond donors (Lipinski definition) is 0. The Labute approximate surface area is 138 Å². The van der Waals surface area contributed by atoms with Crippen LogP contribution in [0.1, 0.15) is 27.6 Å². The molecule has 0 saturated carbocycles. The zero-order chi connectivity index (χ0) is 15.0. The van der Waals surface area contributed by atoms with Crippen molar-refractivity contribution in [3.05, 3.63) is 81.3 Å². The topological polar surface area (TPSA) is 0 Å². The molecular weight excluding hydrogens is 344 g/mol. The molecule has 3 aromatic carbocycles. The number of hydrogen-bond acceptors (Lipinski definition) is 0. The van der Waals surface area contributed by atoms with Gasteiger partial charge in [-0.25, -0.2) is 0 Å². The van der Waals surface area contributed by atoms with Crippen molar-refractivity contribution in [3.63, 3.8) is 0 Å². The molecular formula is C19H16BrCl. The lowest BCUT2D eigenvalue weighted by Gasteiger charge is -2.15. The zero-order valence-corrected chi connectivity index (χ0v) is 14.4. The molecule has 0 nitrogen and oxygen atoms in total. The van der Waals surface area contributed by atoms with E-state index in [0.717, 1.165) is 15.6 Å². The van der Waals surface area contributed by atoms with Gasteiger partial charge in [-0.15, -0.1) is 11.6 Å². The number of aryl methyl sites for hydroxylation is 2. The second-order valence-corrected chi connectivity index (χ2v) is 6.68. The largest absolute Gasteiger partial charge is 0.113 e. The molecule has 0 heterocycles. The summed E-state index contributed by atoms with van der Waals surface area (Å²) >= 11 is 10.4. The summed E-state index contributed by atoms with van der Waals surface area (Å²) in [5, 5.41) is 2.36. The number of fused-ring (bicyclic) bond motifs is 1. The summed E-state index contributed by atoms with van der Waals surface area (Å²) in [5.74, 6) is 0. The first-order valence-corrected chi connectivity index (χ1v) is 8.19. The van der Waals surface area contributed by atoms with Crippen molar-refractivity contribution in [1.29, 1.82) is 0 Å². The molecule has 0 N–H and O–H groups in total. The van der Waals surface area contributed by atoms with Gasteiger partial charge in [0, 0.05) is 4.47 Å². The highest BCUT2D eigenvalue weighted by atomic mass is 79.9. The molecule has 0 aliphatic carbocycles. The first-order valence-electron chi connectivity index (χ1n) is 6.96. The number of halogens is 2. The minimum absolute atomic E-state index is 0.146. The maximum Gasteiger partial charge on any atom is 0.0841 e. The molecule has 0 saturated heterocycles. The van der Waals surface area contributed by atoms with Crippen LogP contribution in [0.15, 0.2) is 59.1 Å². The maximum atomic E-state index is 6.77. The van der Waals surface area contributed by atoms with E-state index >= 15 is 0 Å². The fourth-order valence-electron chi connectivity index (χ4n) is 2.64. The Kier molecular flexibility index (Phi) is 4.05. The minimum atomic E-state index is -0.146. The van der Waals surface area contributed by atoms with Crippen molar-refractivity contribution in [2.75, 3.05) is 0 Å². The van der Waals surface area contributed by atoms with Gasteiger partial charge >= 0.3 is 0 Å². The van der Waals surface area contributed by atoms with Crippen LogP contribution >= 0.6 is 27.5 Å². The molecule has 106 valence electrons. The summed E-state index contributed by atoms with van der Waals surface area (Å²) in [4.78, 5) is 0. The van der Waals surface area contributed by atoms with Gasteiger partial charge in [-0.1, -0.05) is 64.5 Å². The van der Waals surface area contributed by atoms with Gasteiger partial charge in [0.05, 0.1) is 5.38 Å². The van der Waals surface area contributed by atoms with Gasteiger partial charge in [0.1, 0.15) is 0 Å². The van der Waals surface area contributed by atoms with Gasteiger partial charge in [0.25, 0.3) is 0 Å². The van der Waals surface area contributed by atoms with Crippen LogP contribution in [0.25, 0.3) is 10.8 Å². The summed E-state index contributed by atoms with van der Waals surface area (Å²) in [5.41, 5.74) is 4.77. The lowest BCUT2D eigenvalue weighted by molar-refractivity contribution is 1.15. The fourth-order valence-corrected chi connectivity index (χ4v) is 3.36. The molecule has 3 rings (SSSR count). The monoisotopic (exact) mass is 358 g/mol. The lowest BCUT2D eigenvalue weighted by Crippen LogP contribution is -1.96. The third-order valence-corrected chi connectivity index (χ3v) is 5.28. The number of benzene rings is 3. The number of rotatable bonds is 2. The molecule has 21 heavy (non-hydrogen) atoms. The quantitative estimate of drug-likeness (QED) is 0.455.